The summed E-state index contributed by atoms with van der Waals surface area (Å²) < 4.78 is 140. The minimum absolute atomic E-state index is 0.0171. The van der Waals surface area contributed by atoms with Gasteiger partial charge >= 0.3 is 5.97 Å². The van der Waals surface area contributed by atoms with E-state index in [9.17, 15) is 59.1 Å². The highest BCUT2D eigenvalue weighted by Crippen LogP contribution is 2.55. The molecule has 4 aliphatic heterocycles. The number of carbonyl (C=O) groups excluding carboxylic acids is 5. The van der Waals surface area contributed by atoms with Gasteiger partial charge in [0, 0.05) is 43.6 Å². The van der Waals surface area contributed by atoms with E-state index in [1.807, 2.05) is 135 Å². The van der Waals surface area contributed by atoms with Gasteiger partial charge in [0.05, 0.1) is 0 Å². The molecule has 4 amide bonds. The zero-order valence-electron chi connectivity index (χ0n) is 71.5. The summed E-state index contributed by atoms with van der Waals surface area (Å²) in [6.07, 6.45) is 1.17. The Labute approximate surface area is 740 Å². The SMILES string of the molecule is CO[C@@H](C)C(=O)N1N=C(c2cc(F)ccc2F)S[C@@]1(CCCN(C)C)c1ccccc1.CO[C@H](C)C(=O)N1N=C(c2cc(F)ccc2F)S[C@@]1(CCCN)c1ccccc1.CO[C@H](C)C(=O)N1N=C(c2cc(F)ccc2F)S[C@]1(CCCN)c1ccccc1.C[C@H](OCC(=O)OC(C)(C)C)C(=O)N1N=C(c2cc(F)ccc2F)S[C@@]1(CCCN)c1ccccc1. The van der Waals surface area contributed by atoms with Crippen molar-refractivity contribution < 1.29 is 82.8 Å². The van der Waals surface area contributed by atoms with E-state index in [1.165, 1.54) is 83.6 Å². The maximum atomic E-state index is 14.7. The Morgan fingerprint density at radius 2 is 0.624 bits per heavy atom. The van der Waals surface area contributed by atoms with Gasteiger partial charge in [0.1, 0.15) is 123 Å². The minimum Gasteiger partial charge on any atom is -0.458 e. The van der Waals surface area contributed by atoms with Crippen molar-refractivity contribution in [2.24, 2.45) is 37.6 Å². The van der Waals surface area contributed by atoms with E-state index >= 15 is 0 Å². The average molecular weight is 1810 g/mol. The Kier molecular flexibility index (Phi) is 35.8. The molecule has 0 saturated carbocycles. The molecule has 34 heteroatoms. The molecule has 12 rings (SSSR count). The van der Waals surface area contributed by atoms with E-state index in [2.05, 4.69) is 25.3 Å². The van der Waals surface area contributed by atoms with Crippen LogP contribution < -0.4 is 17.2 Å². The smallest absolute Gasteiger partial charge is 0.332 e. The zero-order valence-corrected chi connectivity index (χ0v) is 74.7. The van der Waals surface area contributed by atoms with Crippen molar-refractivity contribution in [1.82, 2.24) is 24.9 Å². The first-order valence-corrected chi connectivity index (χ1v) is 43.5. The number of carbonyl (C=O) groups is 5. The number of amides is 4. The van der Waals surface area contributed by atoms with Crippen LogP contribution in [0.15, 0.2) is 215 Å². The van der Waals surface area contributed by atoms with Crippen molar-refractivity contribution in [3.63, 3.8) is 0 Å². The third-order valence-corrected chi connectivity index (χ3v) is 25.9. The molecular formula is C91H104F8N12O10S4. The molecule has 8 aromatic carbocycles. The van der Waals surface area contributed by atoms with Crippen molar-refractivity contribution in [2.45, 2.75) is 149 Å². The van der Waals surface area contributed by atoms with Crippen LogP contribution >= 0.6 is 47.0 Å². The molecule has 4 heterocycles. The summed E-state index contributed by atoms with van der Waals surface area (Å²) in [6, 6.07) is 50.2. The van der Waals surface area contributed by atoms with Gasteiger partial charge in [0.15, 0.2) is 0 Å². The number of ether oxygens (including phenoxy) is 5. The molecule has 6 N–H and O–H groups in total. The standard InChI is InChI=1S/C26H31F2N3O4S.C23H27F2N3O2S.2C21H23F2N3O2S/c1-17(34-16-22(32)35-25(2,3)4)24(33)31-26(13-8-14-29,18-9-6-5-7-10-18)36-23(30-31)20-15-19(27)11-12-21(20)28;1-16(30-4)22(29)28-23(13-8-14-27(2)3,17-9-6-5-7-10-17)31-21(26-28)19-15-18(24)11-12-20(19)25;2*1-14(28-2)20(27)26-21(11-6-12-24,15-7-4-3-5-8-15)29-19(25-26)17-13-16(22)9-10-18(17)23/h5-7,9-12,15,17H,8,13-14,16,29H2,1-4H3;5-7,9-12,15-16H,8,13-14H2,1-4H3;2*3-5,7-10,13-14H,6,11-12,24H2,1-2H3/t17-,26-;16-,23-;14-,21+;14-,21-/m0011/s1. The lowest BCUT2D eigenvalue weighted by Gasteiger charge is -2.37. The number of thioether (sulfide) groups is 4. The van der Waals surface area contributed by atoms with Gasteiger partial charge in [0.25, 0.3) is 23.6 Å². The largest absolute Gasteiger partial charge is 0.458 e. The lowest BCUT2D eigenvalue weighted by molar-refractivity contribution is -0.165. The van der Waals surface area contributed by atoms with Crippen LogP contribution in [0.3, 0.4) is 0 Å². The van der Waals surface area contributed by atoms with Crippen LogP contribution in [0.5, 0.6) is 0 Å². The molecule has 0 aliphatic carbocycles. The molecule has 125 heavy (non-hydrogen) atoms. The second-order valence-electron chi connectivity index (χ2n) is 30.5. The summed E-state index contributed by atoms with van der Waals surface area (Å²) in [5, 5.41) is 24.1. The first kappa shape index (κ1) is 99.1. The fourth-order valence-electron chi connectivity index (χ4n) is 13.6. The third kappa shape index (κ3) is 24.2. The van der Waals surface area contributed by atoms with Gasteiger partial charge in [-0.3, -0.25) is 19.2 Å². The summed E-state index contributed by atoms with van der Waals surface area (Å²) in [7, 11) is 8.30. The number of halogens is 8. The quantitative estimate of drug-likeness (QED) is 0.0269. The highest BCUT2D eigenvalue weighted by molar-refractivity contribution is 8.16. The van der Waals surface area contributed by atoms with E-state index in [0.717, 1.165) is 120 Å². The van der Waals surface area contributed by atoms with Crippen LogP contribution in [0.1, 0.15) is 144 Å². The Hall–Kier alpha value is -9.69. The zero-order chi connectivity index (χ0) is 91.1. The molecule has 668 valence electrons. The van der Waals surface area contributed by atoms with Crippen LogP contribution in [-0.4, -0.2) is 173 Å². The fraction of sp³-hybridized carbons (Fsp3) is 0.374. The van der Waals surface area contributed by atoms with Gasteiger partial charge in [-0.05, 0) is 235 Å². The number of methoxy groups -OCH3 is 3. The number of hydrazone groups is 4. The van der Waals surface area contributed by atoms with Crippen molar-refractivity contribution in [3.05, 3.63) is 285 Å². The normalized spacial score (nSPS) is 19.5. The van der Waals surface area contributed by atoms with Crippen LogP contribution in [0, 0.1) is 46.5 Å². The second kappa shape index (κ2) is 45.1. The van der Waals surface area contributed by atoms with Crippen LogP contribution in [0.25, 0.3) is 0 Å². The number of rotatable bonds is 31. The van der Waals surface area contributed by atoms with Crippen molar-refractivity contribution >= 4 is 96.8 Å². The van der Waals surface area contributed by atoms with Crippen molar-refractivity contribution in [2.75, 3.05) is 68.2 Å². The molecule has 22 nitrogen and oxygen atoms in total. The number of nitrogens with zero attached hydrogens (tertiary/aromatic N) is 9. The van der Waals surface area contributed by atoms with Gasteiger partial charge in [-0.25, -0.2) is 60.0 Å². The Bertz CT molecular complexity index is 5010. The summed E-state index contributed by atoms with van der Waals surface area (Å²) in [4.78, 5) is 63.6. The molecule has 0 radical (unpaired) electrons. The predicted octanol–water partition coefficient (Wildman–Crippen LogP) is 16.6. The van der Waals surface area contributed by atoms with E-state index in [0.29, 0.717) is 64.6 Å². The molecule has 4 aliphatic rings. The number of nitrogens with two attached hydrogens (primary N) is 3. The van der Waals surface area contributed by atoms with Gasteiger partial charge in [-0.2, -0.15) is 20.4 Å². The van der Waals surface area contributed by atoms with E-state index in [1.54, 1.807) is 41.5 Å². The van der Waals surface area contributed by atoms with E-state index in [4.69, 9.17) is 40.9 Å². The number of esters is 1. The average Bonchev–Trinajstić information content (AvgIpc) is 1.62. The molecule has 0 saturated heterocycles. The van der Waals surface area contributed by atoms with Crippen LogP contribution in [0.2, 0.25) is 0 Å². The highest BCUT2D eigenvalue weighted by Gasteiger charge is 2.54. The minimum atomic E-state index is -1.07. The third-order valence-electron chi connectivity index (χ3n) is 20.2. The molecule has 8 atom stereocenters. The first-order valence-electron chi connectivity index (χ1n) is 40.3. The monoisotopic (exact) mass is 1800 g/mol. The molecule has 0 spiro atoms. The molecular weight excluding hydrogens is 1700 g/mol. The van der Waals surface area contributed by atoms with Gasteiger partial charge in [-0.15, -0.1) is 0 Å². The lowest BCUT2D eigenvalue weighted by atomic mass is 9.99. The predicted molar refractivity (Wildman–Crippen MR) is 475 cm³/mol. The van der Waals surface area contributed by atoms with Crippen LogP contribution in [0.4, 0.5) is 35.1 Å². The first-order chi connectivity index (χ1) is 59.6. The fourth-order valence-corrected chi connectivity index (χ4v) is 19.3. The lowest BCUT2D eigenvalue weighted by Crippen LogP contribution is -2.46. The Morgan fingerprint density at radius 3 is 0.848 bits per heavy atom. The molecule has 0 fully saturated rings. The van der Waals surface area contributed by atoms with Crippen molar-refractivity contribution in [3.8, 4) is 0 Å². The highest BCUT2D eigenvalue weighted by atomic mass is 32.2. The maximum Gasteiger partial charge on any atom is 0.332 e. The van der Waals surface area contributed by atoms with E-state index in [-0.39, 0.29) is 60.2 Å². The van der Waals surface area contributed by atoms with Gasteiger partial charge in [0.2, 0.25) is 0 Å². The number of hydrogen-bond acceptors (Lipinski definition) is 22. The van der Waals surface area contributed by atoms with Gasteiger partial charge < -0.3 is 45.8 Å². The second-order valence-corrected chi connectivity index (χ2v) is 35.5. The topological polar surface area (TPSA) is 275 Å². The molecule has 0 unspecified atom stereocenters. The summed E-state index contributed by atoms with van der Waals surface area (Å²) in [5.74, 6) is -7.02. The number of benzene rings is 8. The molecule has 0 aromatic heterocycles. The summed E-state index contributed by atoms with van der Waals surface area (Å²) in [5.41, 5.74) is 19.9. The number of hydrogen-bond donors (Lipinski definition) is 3. The maximum absolute atomic E-state index is 14.7. The summed E-state index contributed by atoms with van der Waals surface area (Å²) >= 11 is 4.89. The molecule has 0 bridgehead atoms. The molecule has 8 aromatic rings. The van der Waals surface area contributed by atoms with Crippen LogP contribution in [-0.2, 0) is 67.1 Å². The Morgan fingerprint density at radius 1 is 0.384 bits per heavy atom. The van der Waals surface area contributed by atoms with Crippen molar-refractivity contribution in [1.29, 1.82) is 0 Å². The Balaban J connectivity index is 0.000000189. The summed E-state index contributed by atoms with van der Waals surface area (Å²) in [6.45, 7) is 13.2. The van der Waals surface area contributed by atoms with Gasteiger partial charge in [-0.1, -0.05) is 168 Å². The van der Waals surface area contributed by atoms with E-state index < -0.39 is 115 Å².